The first-order valence-corrected chi connectivity index (χ1v) is 9.15. The second-order valence-electron chi connectivity index (χ2n) is 7.00. The summed E-state index contributed by atoms with van der Waals surface area (Å²) in [6.07, 6.45) is 3.93. The van der Waals surface area contributed by atoms with Crippen LogP contribution in [0.25, 0.3) is 0 Å². The van der Waals surface area contributed by atoms with Gasteiger partial charge in [-0.1, -0.05) is 30.7 Å². The van der Waals surface area contributed by atoms with Gasteiger partial charge in [0.25, 0.3) is 0 Å². The van der Waals surface area contributed by atoms with Crippen molar-refractivity contribution in [2.75, 3.05) is 19.7 Å². The Balaban J connectivity index is 1.69. The van der Waals surface area contributed by atoms with E-state index in [4.69, 9.17) is 16.0 Å². The number of hydrogen-bond donors (Lipinski definition) is 1. The minimum Gasteiger partial charge on any atom is -0.465 e. The summed E-state index contributed by atoms with van der Waals surface area (Å²) >= 11 is 6.12. The van der Waals surface area contributed by atoms with Crippen molar-refractivity contribution < 1.29 is 9.52 Å². The zero-order valence-electron chi connectivity index (χ0n) is 14.3. The SMILES string of the molecule is CCc1ccc(CN2CCC[C@](CO)(Cc3cccc(Cl)c3)C2)o1. The predicted octanol–water partition coefficient (Wildman–Crippen LogP) is 4.31. The summed E-state index contributed by atoms with van der Waals surface area (Å²) in [6, 6.07) is 12.1. The van der Waals surface area contributed by atoms with Crippen LogP contribution >= 0.6 is 11.6 Å². The molecule has 2 heterocycles. The molecule has 0 bridgehead atoms. The van der Waals surface area contributed by atoms with Crippen molar-refractivity contribution in [2.45, 2.75) is 39.2 Å². The summed E-state index contributed by atoms with van der Waals surface area (Å²) in [4.78, 5) is 2.41. The van der Waals surface area contributed by atoms with Crippen LogP contribution in [0.2, 0.25) is 5.02 Å². The third-order valence-electron chi connectivity index (χ3n) is 4.99. The van der Waals surface area contributed by atoms with Gasteiger partial charge in [-0.3, -0.25) is 4.90 Å². The van der Waals surface area contributed by atoms with E-state index in [9.17, 15) is 5.11 Å². The fourth-order valence-electron chi connectivity index (χ4n) is 3.77. The lowest BCUT2D eigenvalue weighted by Gasteiger charge is -2.41. The van der Waals surface area contributed by atoms with Crippen LogP contribution in [0.5, 0.6) is 0 Å². The first-order chi connectivity index (χ1) is 11.6. The molecule has 3 nitrogen and oxygen atoms in total. The molecule has 130 valence electrons. The first kappa shape index (κ1) is 17.5. The summed E-state index contributed by atoms with van der Waals surface area (Å²) in [5.74, 6) is 2.05. The van der Waals surface area contributed by atoms with Crippen molar-refractivity contribution in [1.82, 2.24) is 4.90 Å². The number of halogens is 1. The lowest BCUT2D eigenvalue weighted by atomic mass is 9.75. The molecule has 1 aromatic carbocycles. The Bertz CT molecular complexity index is 669. The third-order valence-corrected chi connectivity index (χ3v) is 5.22. The maximum Gasteiger partial charge on any atom is 0.118 e. The summed E-state index contributed by atoms with van der Waals surface area (Å²) in [6.45, 7) is 5.06. The van der Waals surface area contributed by atoms with Crippen molar-refractivity contribution in [1.29, 1.82) is 0 Å². The number of hydrogen-bond acceptors (Lipinski definition) is 3. The minimum atomic E-state index is -0.0941. The number of piperidine rings is 1. The smallest absolute Gasteiger partial charge is 0.118 e. The van der Waals surface area contributed by atoms with Gasteiger partial charge in [0.2, 0.25) is 0 Å². The molecule has 0 aliphatic carbocycles. The molecular weight excluding hydrogens is 322 g/mol. The van der Waals surface area contributed by atoms with E-state index in [2.05, 4.69) is 30.0 Å². The van der Waals surface area contributed by atoms with Crippen LogP contribution in [0.15, 0.2) is 40.8 Å². The van der Waals surface area contributed by atoms with Crippen molar-refractivity contribution >= 4 is 11.6 Å². The number of aryl methyl sites for hydroxylation is 1. The average molecular weight is 348 g/mol. The molecule has 1 aliphatic rings. The Hall–Kier alpha value is -1.29. The number of furan rings is 1. The van der Waals surface area contributed by atoms with E-state index >= 15 is 0 Å². The molecule has 0 radical (unpaired) electrons. The summed E-state index contributed by atoms with van der Waals surface area (Å²) in [5.41, 5.74) is 1.10. The lowest BCUT2D eigenvalue weighted by Crippen LogP contribution is -2.46. The Morgan fingerprint density at radius 3 is 2.79 bits per heavy atom. The molecule has 0 spiro atoms. The highest BCUT2D eigenvalue weighted by molar-refractivity contribution is 6.30. The topological polar surface area (TPSA) is 36.6 Å². The monoisotopic (exact) mass is 347 g/mol. The van der Waals surface area contributed by atoms with Gasteiger partial charge < -0.3 is 9.52 Å². The number of rotatable bonds is 6. The second-order valence-corrected chi connectivity index (χ2v) is 7.44. The van der Waals surface area contributed by atoms with E-state index in [1.165, 1.54) is 5.56 Å². The normalized spacial score (nSPS) is 22.0. The van der Waals surface area contributed by atoms with Gasteiger partial charge in [-0.2, -0.15) is 0 Å². The highest BCUT2D eigenvalue weighted by atomic mass is 35.5. The molecule has 4 heteroatoms. The van der Waals surface area contributed by atoms with Gasteiger partial charge in [0.15, 0.2) is 0 Å². The van der Waals surface area contributed by atoms with Crippen LogP contribution in [-0.2, 0) is 19.4 Å². The van der Waals surface area contributed by atoms with E-state index in [1.54, 1.807) is 0 Å². The number of aliphatic hydroxyl groups is 1. The molecule has 0 amide bonds. The van der Waals surface area contributed by atoms with Gasteiger partial charge in [0.1, 0.15) is 11.5 Å². The van der Waals surface area contributed by atoms with Crippen LogP contribution in [0.1, 0.15) is 36.8 Å². The maximum atomic E-state index is 10.1. The van der Waals surface area contributed by atoms with Crippen molar-refractivity contribution in [3.63, 3.8) is 0 Å². The van der Waals surface area contributed by atoms with Crippen molar-refractivity contribution in [2.24, 2.45) is 5.41 Å². The van der Waals surface area contributed by atoms with Crippen LogP contribution in [0.3, 0.4) is 0 Å². The molecule has 2 aromatic rings. The zero-order chi connectivity index (χ0) is 17.0. The van der Waals surface area contributed by atoms with Gasteiger partial charge in [-0.05, 0) is 55.6 Å². The summed E-state index contributed by atoms with van der Waals surface area (Å²) < 4.78 is 5.85. The zero-order valence-corrected chi connectivity index (χ0v) is 15.1. The quantitative estimate of drug-likeness (QED) is 0.845. The minimum absolute atomic E-state index is 0.0941. The maximum absolute atomic E-state index is 10.1. The Morgan fingerprint density at radius 2 is 2.08 bits per heavy atom. The van der Waals surface area contributed by atoms with Gasteiger partial charge in [-0.25, -0.2) is 0 Å². The molecule has 1 atom stereocenters. The fraction of sp³-hybridized carbons (Fsp3) is 0.500. The van der Waals surface area contributed by atoms with Gasteiger partial charge in [0.05, 0.1) is 13.2 Å². The van der Waals surface area contributed by atoms with E-state index < -0.39 is 0 Å². The molecular formula is C20H26ClNO2. The average Bonchev–Trinajstić information content (AvgIpc) is 3.03. The van der Waals surface area contributed by atoms with Crippen molar-refractivity contribution in [3.05, 3.63) is 58.5 Å². The molecule has 0 unspecified atom stereocenters. The number of nitrogens with zero attached hydrogens (tertiary/aromatic N) is 1. The van der Waals surface area contributed by atoms with E-state index in [0.717, 1.165) is 61.9 Å². The van der Waals surface area contributed by atoms with Crippen LogP contribution < -0.4 is 0 Å². The highest BCUT2D eigenvalue weighted by Crippen LogP contribution is 2.34. The summed E-state index contributed by atoms with van der Waals surface area (Å²) in [7, 11) is 0. The van der Waals surface area contributed by atoms with E-state index in [-0.39, 0.29) is 12.0 Å². The van der Waals surface area contributed by atoms with Gasteiger partial charge in [-0.15, -0.1) is 0 Å². The molecule has 0 saturated carbocycles. The molecule has 3 rings (SSSR count). The number of benzene rings is 1. The fourth-order valence-corrected chi connectivity index (χ4v) is 3.98. The van der Waals surface area contributed by atoms with Crippen LogP contribution in [0, 0.1) is 5.41 Å². The second kappa shape index (κ2) is 7.73. The van der Waals surface area contributed by atoms with Gasteiger partial charge >= 0.3 is 0 Å². The van der Waals surface area contributed by atoms with Gasteiger partial charge in [0, 0.05) is 23.4 Å². The molecule has 1 N–H and O–H groups in total. The first-order valence-electron chi connectivity index (χ1n) is 8.78. The Kier molecular flexibility index (Phi) is 5.65. The van der Waals surface area contributed by atoms with Crippen molar-refractivity contribution in [3.8, 4) is 0 Å². The standard InChI is InChI=1S/C20H26ClNO2/c1-2-18-7-8-19(24-18)13-22-10-4-9-20(14-22,15-23)12-16-5-3-6-17(21)11-16/h3,5-8,11,23H,2,4,9-10,12-15H2,1H3/t20-/m0/s1. The molecule has 1 aliphatic heterocycles. The van der Waals surface area contributed by atoms with Crippen LogP contribution in [-0.4, -0.2) is 29.7 Å². The number of likely N-dealkylation sites (tertiary alicyclic amines) is 1. The lowest BCUT2D eigenvalue weighted by molar-refractivity contribution is 0.0260. The predicted molar refractivity (Wildman–Crippen MR) is 97.3 cm³/mol. The summed E-state index contributed by atoms with van der Waals surface area (Å²) in [5, 5.41) is 10.9. The molecule has 1 aromatic heterocycles. The number of aliphatic hydroxyl groups excluding tert-OH is 1. The highest BCUT2D eigenvalue weighted by Gasteiger charge is 2.35. The van der Waals surface area contributed by atoms with E-state index in [0.29, 0.717) is 0 Å². The molecule has 24 heavy (non-hydrogen) atoms. The van der Waals surface area contributed by atoms with Crippen LogP contribution in [0.4, 0.5) is 0 Å². The Labute approximate surface area is 149 Å². The largest absolute Gasteiger partial charge is 0.465 e. The van der Waals surface area contributed by atoms with E-state index in [1.807, 2.05) is 18.2 Å². The molecule has 1 fully saturated rings. The molecule has 1 saturated heterocycles. The Morgan fingerprint density at radius 1 is 1.25 bits per heavy atom. The third kappa shape index (κ3) is 4.21.